The fourth-order valence-electron chi connectivity index (χ4n) is 1.38. The zero-order valence-corrected chi connectivity index (χ0v) is 10.5. The molecule has 1 aromatic rings. The number of benzene rings is 1. The smallest absolute Gasteiger partial charge is 0.229 e. The van der Waals surface area contributed by atoms with Crippen LogP contribution in [0.25, 0.3) is 0 Å². The molecule has 1 aromatic carbocycles. The van der Waals surface area contributed by atoms with Gasteiger partial charge in [0, 0.05) is 16.5 Å². The number of rotatable bonds is 5. The summed E-state index contributed by atoms with van der Waals surface area (Å²) in [5.74, 6) is 0. The van der Waals surface area contributed by atoms with Crippen molar-refractivity contribution >= 4 is 24.3 Å². The summed E-state index contributed by atoms with van der Waals surface area (Å²) >= 11 is 5.72. The highest BCUT2D eigenvalue weighted by molar-refractivity contribution is 7.66. The first-order chi connectivity index (χ1) is 7.06. The summed E-state index contributed by atoms with van der Waals surface area (Å²) in [6, 6.07) is 6.57. The van der Waals surface area contributed by atoms with Crippen molar-refractivity contribution in [3.05, 3.63) is 29.3 Å². The summed E-state index contributed by atoms with van der Waals surface area (Å²) < 4.78 is 11.9. The van der Waals surface area contributed by atoms with Gasteiger partial charge < -0.3 is 4.89 Å². The van der Waals surface area contributed by atoms with Gasteiger partial charge in [0.1, 0.15) is 0 Å². The fraction of sp³-hybridized carbons (Fsp3) is 0.455. The van der Waals surface area contributed by atoms with Crippen LogP contribution in [0.4, 0.5) is 0 Å². The molecule has 0 heterocycles. The molecule has 0 saturated heterocycles. The summed E-state index contributed by atoms with van der Waals surface area (Å²) in [6.45, 7) is 2.07. The number of hydrogen-bond donors (Lipinski definition) is 1. The highest BCUT2D eigenvalue weighted by Gasteiger charge is 2.19. The molecule has 1 atom stereocenters. The van der Waals surface area contributed by atoms with E-state index in [0.717, 1.165) is 19.3 Å². The molecule has 0 bridgehead atoms. The van der Waals surface area contributed by atoms with Gasteiger partial charge in [0.25, 0.3) is 0 Å². The van der Waals surface area contributed by atoms with Crippen LogP contribution in [0.3, 0.4) is 0 Å². The van der Waals surface area contributed by atoms with Crippen molar-refractivity contribution in [2.24, 2.45) is 0 Å². The Morgan fingerprint density at radius 2 is 1.87 bits per heavy atom. The van der Waals surface area contributed by atoms with Gasteiger partial charge in [0.15, 0.2) is 0 Å². The van der Waals surface area contributed by atoms with Crippen LogP contribution in [0, 0.1) is 0 Å². The molecular weight excluding hydrogens is 231 g/mol. The maximum Gasteiger partial charge on any atom is 0.229 e. The Bertz CT molecular complexity index is 348. The third-order valence-electron chi connectivity index (χ3n) is 2.29. The van der Waals surface area contributed by atoms with Gasteiger partial charge in [-0.05, 0) is 30.7 Å². The fourth-order valence-corrected chi connectivity index (χ4v) is 3.03. The molecule has 1 rings (SSSR count). The van der Waals surface area contributed by atoms with E-state index in [-0.39, 0.29) is 0 Å². The molecule has 0 aliphatic rings. The largest absolute Gasteiger partial charge is 0.341 e. The summed E-state index contributed by atoms with van der Waals surface area (Å²) in [5, 5.41) is 1.09. The predicted octanol–water partition coefficient (Wildman–Crippen LogP) is 3.43. The Labute approximate surface area is 95.7 Å². The van der Waals surface area contributed by atoms with Crippen molar-refractivity contribution in [2.75, 3.05) is 6.16 Å². The minimum Gasteiger partial charge on any atom is -0.341 e. The Kier molecular flexibility index (Phi) is 4.85. The molecule has 2 nitrogen and oxygen atoms in total. The zero-order valence-electron chi connectivity index (χ0n) is 8.82. The second kappa shape index (κ2) is 5.69. The second-order valence-electron chi connectivity index (χ2n) is 3.61. The van der Waals surface area contributed by atoms with Gasteiger partial charge in [-0.25, -0.2) is 0 Å². The first kappa shape index (κ1) is 12.8. The molecule has 4 heteroatoms. The SMILES string of the molecule is CCCCCP(=O)(O)c1ccc(Cl)cc1. The summed E-state index contributed by atoms with van der Waals surface area (Å²) in [5.41, 5.74) is 0. The van der Waals surface area contributed by atoms with Crippen LogP contribution < -0.4 is 5.30 Å². The van der Waals surface area contributed by atoms with Crippen molar-refractivity contribution < 1.29 is 9.46 Å². The summed E-state index contributed by atoms with van der Waals surface area (Å²) in [4.78, 5) is 9.82. The average Bonchev–Trinajstić information content (AvgIpc) is 2.18. The number of unbranched alkanes of at least 4 members (excludes halogenated alkanes) is 2. The maximum absolute atomic E-state index is 11.9. The lowest BCUT2D eigenvalue weighted by Crippen LogP contribution is -2.06. The van der Waals surface area contributed by atoms with Crippen molar-refractivity contribution in [3.63, 3.8) is 0 Å². The van der Waals surface area contributed by atoms with Crippen LogP contribution in [-0.2, 0) is 4.57 Å². The zero-order chi connectivity index (χ0) is 11.3. The monoisotopic (exact) mass is 246 g/mol. The van der Waals surface area contributed by atoms with Crippen LogP contribution in [0.1, 0.15) is 26.2 Å². The van der Waals surface area contributed by atoms with E-state index in [1.54, 1.807) is 24.3 Å². The average molecular weight is 247 g/mol. The van der Waals surface area contributed by atoms with E-state index in [2.05, 4.69) is 6.92 Å². The summed E-state index contributed by atoms with van der Waals surface area (Å²) in [7, 11) is -3.15. The molecule has 0 fully saturated rings. The Morgan fingerprint density at radius 3 is 2.40 bits per heavy atom. The van der Waals surface area contributed by atoms with Crippen LogP contribution in [-0.4, -0.2) is 11.1 Å². The molecule has 0 aliphatic heterocycles. The molecule has 1 unspecified atom stereocenters. The maximum atomic E-state index is 11.9. The molecule has 0 radical (unpaired) electrons. The van der Waals surface area contributed by atoms with Crippen molar-refractivity contribution in [1.82, 2.24) is 0 Å². The highest BCUT2D eigenvalue weighted by atomic mass is 35.5. The van der Waals surface area contributed by atoms with Crippen molar-refractivity contribution in [1.29, 1.82) is 0 Å². The van der Waals surface area contributed by atoms with Gasteiger partial charge in [0.05, 0.1) is 0 Å². The summed E-state index contributed by atoms with van der Waals surface area (Å²) in [6.07, 6.45) is 3.22. The third kappa shape index (κ3) is 3.98. The molecule has 0 aromatic heterocycles. The van der Waals surface area contributed by atoms with E-state index in [1.165, 1.54) is 0 Å². The standard InChI is InChI=1S/C11H16ClO2P/c1-2-3-4-9-15(13,14)11-7-5-10(12)6-8-11/h5-8H,2-4,9H2,1H3,(H,13,14). The molecule has 84 valence electrons. The van der Waals surface area contributed by atoms with E-state index in [4.69, 9.17) is 11.6 Å². The normalized spacial score (nSPS) is 14.9. The molecule has 0 aliphatic carbocycles. The predicted molar refractivity (Wildman–Crippen MR) is 65.3 cm³/mol. The van der Waals surface area contributed by atoms with E-state index < -0.39 is 7.37 Å². The van der Waals surface area contributed by atoms with Gasteiger partial charge in [-0.2, -0.15) is 0 Å². The lowest BCUT2D eigenvalue weighted by molar-refractivity contribution is 0.486. The van der Waals surface area contributed by atoms with Gasteiger partial charge in [-0.1, -0.05) is 31.4 Å². The van der Waals surface area contributed by atoms with Crippen molar-refractivity contribution in [3.8, 4) is 0 Å². The van der Waals surface area contributed by atoms with Crippen molar-refractivity contribution in [2.45, 2.75) is 26.2 Å². The van der Waals surface area contributed by atoms with Gasteiger partial charge in [0.2, 0.25) is 7.37 Å². The minimum absolute atomic E-state index is 0.364. The molecule has 1 N–H and O–H groups in total. The quantitative estimate of drug-likeness (QED) is 0.638. The molecule has 0 amide bonds. The lowest BCUT2D eigenvalue weighted by atomic mass is 10.3. The van der Waals surface area contributed by atoms with Crippen LogP contribution in [0.5, 0.6) is 0 Å². The molecule has 15 heavy (non-hydrogen) atoms. The third-order valence-corrected chi connectivity index (χ3v) is 4.57. The molecular formula is C11H16ClO2P. The van der Waals surface area contributed by atoms with E-state index in [0.29, 0.717) is 16.5 Å². The van der Waals surface area contributed by atoms with Crippen LogP contribution in [0.15, 0.2) is 24.3 Å². The highest BCUT2D eigenvalue weighted by Crippen LogP contribution is 2.40. The first-order valence-electron chi connectivity index (χ1n) is 5.14. The van der Waals surface area contributed by atoms with Crippen LogP contribution >= 0.6 is 19.0 Å². The van der Waals surface area contributed by atoms with E-state index in [1.807, 2.05) is 0 Å². The van der Waals surface area contributed by atoms with E-state index in [9.17, 15) is 9.46 Å². The Hall–Kier alpha value is -0.300. The Morgan fingerprint density at radius 1 is 1.27 bits per heavy atom. The number of halogens is 1. The second-order valence-corrected chi connectivity index (χ2v) is 6.41. The number of hydrogen-bond acceptors (Lipinski definition) is 1. The molecule has 0 saturated carbocycles. The van der Waals surface area contributed by atoms with Crippen LogP contribution in [0.2, 0.25) is 5.02 Å². The topological polar surface area (TPSA) is 37.3 Å². The lowest BCUT2D eigenvalue weighted by Gasteiger charge is -2.11. The van der Waals surface area contributed by atoms with Gasteiger partial charge in [-0.3, -0.25) is 4.57 Å². The first-order valence-corrected chi connectivity index (χ1v) is 7.36. The minimum atomic E-state index is -3.15. The van der Waals surface area contributed by atoms with E-state index >= 15 is 0 Å². The van der Waals surface area contributed by atoms with Gasteiger partial charge >= 0.3 is 0 Å². The Balaban J connectivity index is 2.68. The van der Waals surface area contributed by atoms with Gasteiger partial charge in [-0.15, -0.1) is 0 Å². The molecule has 0 spiro atoms.